The monoisotopic (exact) mass is 252 g/mol. The predicted octanol–water partition coefficient (Wildman–Crippen LogP) is 1.83. The minimum absolute atomic E-state index is 0.0518. The van der Waals surface area contributed by atoms with Gasteiger partial charge in [0.25, 0.3) is 0 Å². The van der Waals surface area contributed by atoms with Crippen molar-refractivity contribution in [3.8, 4) is 0 Å². The van der Waals surface area contributed by atoms with E-state index in [-0.39, 0.29) is 11.2 Å². The zero-order valence-corrected chi connectivity index (χ0v) is 10.3. The minimum atomic E-state index is -0.440. The Kier molecular flexibility index (Phi) is 2.26. The first kappa shape index (κ1) is 10.8. The molecule has 17 heavy (non-hydrogen) atoms. The van der Waals surface area contributed by atoms with Crippen LogP contribution in [0.1, 0.15) is 26.2 Å². The van der Waals surface area contributed by atoms with Crippen molar-refractivity contribution < 1.29 is 4.79 Å². The lowest BCUT2D eigenvalue weighted by Crippen LogP contribution is -2.56. The summed E-state index contributed by atoms with van der Waals surface area (Å²) in [6.45, 7) is 2.88. The lowest BCUT2D eigenvalue weighted by molar-refractivity contribution is -0.121. The average Bonchev–Trinajstić information content (AvgIpc) is 2.76. The molecule has 5 nitrogen and oxygen atoms in total. The van der Waals surface area contributed by atoms with Gasteiger partial charge in [0, 0.05) is 6.54 Å². The van der Waals surface area contributed by atoms with Gasteiger partial charge in [0.05, 0.1) is 6.20 Å². The van der Waals surface area contributed by atoms with Crippen molar-refractivity contribution >= 4 is 29.0 Å². The summed E-state index contributed by atoms with van der Waals surface area (Å²) in [5.41, 5.74) is 0.218. The number of anilines is 2. The number of fused-ring (bicyclic) bond motifs is 3. The molecular weight excluding hydrogens is 240 g/mol. The Labute approximate surface area is 104 Å². The molecule has 1 atom stereocenters. The SMILES string of the molecule is CCC12CCCN1c1nc(Cl)ncc1NC2=O. The third kappa shape index (κ3) is 1.35. The summed E-state index contributed by atoms with van der Waals surface area (Å²) in [6, 6.07) is 0. The fourth-order valence-electron chi connectivity index (χ4n) is 2.84. The summed E-state index contributed by atoms with van der Waals surface area (Å²) in [4.78, 5) is 22.5. The topological polar surface area (TPSA) is 58.1 Å². The number of halogens is 1. The zero-order valence-electron chi connectivity index (χ0n) is 9.53. The van der Waals surface area contributed by atoms with Gasteiger partial charge in [-0.3, -0.25) is 4.79 Å². The van der Waals surface area contributed by atoms with Gasteiger partial charge < -0.3 is 10.2 Å². The van der Waals surface area contributed by atoms with E-state index in [0.717, 1.165) is 31.6 Å². The second kappa shape index (κ2) is 3.57. The van der Waals surface area contributed by atoms with Gasteiger partial charge in [0.15, 0.2) is 5.82 Å². The molecule has 0 saturated carbocycles. The van der Waals surface area contributed by atoms with E-state index in [1.807, 2.05) is 6.92 Å². The number of amides is 1. The van der Waals surface area contributed by atoms with Crippen LogP contribution in [0.2, 0.25) is 5.28 Å². The zero-order chi connectivity index (χ0) is 12.0. The van der Waals surface area contributed by atoms with Crippen LogP contribution in [0, 0.1) is 0 Å². The number of hydrogen-bond acceptors (Lipinski definition) is 4. The molecule has 1 N–H and O–H groups in total. The van der Waals surface area contributed by atoms with E-state index < -0.39 is 5.54 Å². The molecule has 0 spiro atoms. The summed E-state index contributed by atoms with van der Waals surface area (Å²) < 4.78 is 0. The van der Waals surface area contributed by atoms with Gasteiger partial charge in [-0.05, 0) is 30.9 Å². The lowest BCUT2D eigenvalue weighted by atomic mass is 9.90. The molecule has 2 aliphatic heterocycles. The van der Waals surface area contributed by atoms with Crippen molar-refractivity contribution in [2.45, 2.75) is 31.7 Å². The van der Waals surface area contributed by atoms with Crippen molar-refractivity contribution in [2.75, 3.05) is 16.8 Å². The van der Waals surface area contributed by atoms with Crippen LogP contribution >= 0.6 is 11.6 Å². The smallest absolute Gasteiger partial charge is 0.250 e. The van der Waals surface area contributed by atoms with Crippen molar-refractivity contribution in [3.63, 3.8) is 0 Å². The number of nitrogens with one attached hydrogen (secondary N) is 1. The van der Waals surface area contributed by atoms with Gasteiger partial charge in [-0.15, -0.1) is 0 Å². The molecule has 90 valence electrons. The molecule has 0 bridgehead atoms. The highest BCUT2D eigenvalue weighted by Crippen LogP contribution is 2.43. The van der Waals surface area contributed by atoms with Gasteiger partial charge >= 0.3 is 0 Å². The molecule has 1 aromatic heterocycles. The Hall–Kier alpha value is -1.36. The lowest BCUT2D eigenvalue weighted by Gasteiger charge is -2.41. The largest absolute Gasteiger partial charge is 0.340 e. The predicted molar refractivity (Wildman–Crippen MR) is 65.3 cm³/mol. The molecule has 0 radical (unpaired) electrons. The molecule has 1 unspecified atom stereocenters. The highest BCUT2D eigenvalue weighted by molar-refractivity contribution is 6.28. The third-order valence-electron chi connectivity index (χ3n) is 3.74. The molecule has 1 fully saturated rings. The van der Waals surface area contributed by atoms with Crippen molar-refractivity contribution in [2.24, 2.45) is 0 Å². The van der Waals surface area contributed by atoms with Crippen LogP contribution in [-0.4, -0.2) is 28.0 Å². The maximum absolute atomic E-state index is 12.2. The number of nitrogens with zero attached hydrogens (tertiary/aromatic N) is 3. The van der Waals surface area contributed by atoms with E-state index in [1.165, 1.54) is 0 Å². The molecule has 0 aromatic carbocycles. The molecule has 2 aliphatic rings. The standard InChI is InChI=1S/C11H13ClN4O/c1-2-11-4-3-5-16(11)8-7(14-9(11)17)6-13-10(12)15-8/h6H,2-5H2,1H3,(H,14,17). The molecular formula is C11H13ClN4O. The Morgan fingerprint density at radius 1 is 1.65 bits per heavy atom. The molecule has 1 amide bonds. The number of carbonyl (C=O) groups is 1. The molecule has 0 aliphatic carbocycles. The number of carbonyl (C=O) groups excluding carboxylic acids is 1. The van der Waals surface area contributed by atoms with E-state index in [1.54, 1.807) is 6.20 Å². The first-order valence-electron chi connectivity index (χ1n) is 5.79. The van der Waals surface area contributed by atoms with E-state index in [4.69, 9.17) is 11.6 Å². The van der Waals surface area contributed by atoms with Crippen molar-refractivity contribution in [1.29, 1.82) is 0 Å². The first-order chi connectivity index (χ1) is 8.17. The summed E-state index contributed by atoms with van der Waals surface area (Å²) in [6.07, 6.45) is 4.22. The van der Waals surface area contributed by atoms with E-state index in [9.17, 15) is 4.79 Å². The summed E-state index contributed by atoms with van der Waals surface area (Å²) in [5, 5.41) is 3.11. The fourth-order valence-corrected chi connectivity index (χ4v) is 2.96. The molecule has 1 saturated heterocycles. The van der Waals surface area contributed by atoms with Gasteiger partial charge in [0.2, 0.25) is 11.2 Å². The number of hydrogen-bond donors (Lipinski definition) is 1. The molecule has 3 heterocycles. The Bertz CT molecular complexity index is 492. The van der Waals surface area contributed by atoms with E-state index >= 15 is 0 Å². The molecule has 3 rings (SSSR count). The van der Waals surface area contributed by atoms with Crippen LogP contribution in [0.5, 0.6) is 0 Å². The van der Waals surface area contributed by atoms with Crippen molar-refractivity contribution in [1.82, 2.24) is 9.97 Å². The number of aromatic nitrogens is 2. The first-order valence-corrected chi connectivity index (χ1v) is 6.17. The normalized spacial score (nSPS) is 26.5. The number of rotatable bonds is 1. The van der Waals surface area contributed by atoms with Crippen LogP contribution < -0.4 is 10.2 Å². The Morgan fingerprint density at radius 3 is 3.24 bits per heavy atom. The van der Waals surface area contributed by atoms with Gasteiger partial charge in [-0.1, -0.05) is 6.92 Å². The average molecular weight is 253 g/mol. The Balaban J connectivity index is 2.16. The second-order valence-electron chi connectivity index (χ2n) is 4.47. The highest BCUT2D eigenvalue weighted by atomic mass is 35.5. The van der Waals surface area contributed by atoms with E-state index in [0.29, 0.717) is 5.69 Å². The summed E-state index contributed by atoms with van der Waals surface area (Å²) in [5.74, 6) is 0.805. The van der Waals surface area contributed by atoms with Crippen LogP contribution in [0.4, 0.5) is 11.5 Å². The Morgan fingerprint density at radius 2 is 2.47 bits per heavy atom. The van der Waals surface area contributed by atoms with Gasteiger partial charge in [0.1, 0.15) is 11.2 Å². The maximum Gasteiger partial charge on any atom is 0.250 e. The summed E-state index contributed by atoms with van der Waals surface area (Å²) >= 11 is 5.83. The van der Waals surface area contributed by atoms with Crippen LogP contribution in [0.3, 0.4) is 0 Å². The van der Waals surface area contributed by atoms with Crippen LogP contribution in [0.15, 0.2) is 6.20 Å². The second-order valence-corrected chi connectivity index (χ2v) is 4.81. The van der Waals surface area contributed by atoms with E-state index in [2.05, 4.69) is 20.2 Å². The van der Waals surface area contributed by atoms with Crippen LogP contribution in [0.25, 0.3) is 0 Å². The highest BCUT2D eigenvalue weighted by Gasteiger charge is 2.50. The quantitative estimate of drug-likeness (QED) is 0.775. The molecule has 1 aromatic rings. The third-order valence-corrected chi connectivity index (χ3v) is 3.92. The van der Waals surface area contributed by atoms with Crippen LogP contribution in [-0.2, 0) is 4.79 Å². The maximum atomic E-state index is 12.2. The summed E-state index contributed by atoms with van der Waals surface area (Å²) in [7, 11) is 0. The minimum Gasteiger partial charge on any atom is -0.340 e. The van der Waals surface area contributed by atoms with Gasteiger partial charge in [-0.25, -0.2) is 4.98 Å². The molecule has 6 heteroatoms. The van der Waals surface area contributed by atoms with Crippen molar-refractivity contribution in [3.05, 3.63) is 11.5 Å². The van der Waals surface area contributed by atoms with Gasteiger partial charge in [-0.2, -0.15) is 4.98 Å². The fraction of sp³-hybridized carbons (Fsp3) is 0.545.